The summed E-state index contributed by atoms with van der Waals surface area (Å²) in [5, 5.41) is 2.23. The molecular weight excluding hydrogens is 276 g/mol. The Bertz CT molecular complexity index is 561. The van der Waals surface area contributed by atoms with E-state index in [-0.39, 0.29) is 17.6 Å². The van der Waals surface area contributed by atoms with Crippen molar-refractivity contribution < 1.29 is 9.59 Å². The van der Waals surface area contributed by atoms with Crippen LogP contribution in [0, 0.1) is 6.92 Å². The molecule has 1 saturated heterocycles. The van der Waals surface area contributed by atoms with Gasteiger partial charge in [0.05, 0.1) is 0 Å². The lowest BCUT2D eigenvalue weighted by molar-refractivity contribution is -0.120. The largest absolute Gasteiger partial charge is 0.376 e. The van der Waals surface area contributed by atoms with Gasteiger partial charge in [-0.15, -0.1) is 0 Å². The minimum absolute atomic E-state index is 0.0163. The molecule has 1 fully saturated rings. The molecule has 1 aliphatic rings. The van der Waals surface area contributed by atoms with Gasteiger partial charge in [-0.3, -0.25) is 10.1 Å². The molecule has 1 aromatic carbocycles. The van der Waals surface area contributed by atoms with Gasteiger partial charge in [-0.05, 0) is 36.8 Å². The molecule has 1 heterocycles. The SMILES string of the molecule is Cc1cccc(N2CCN(C(=O)NC(N)=S)CC2=O)c1. The molecule has 0 bridgehead atoms. The Hall–Kier alpha value is -2.15. The van der Waals surface area contributed by atoms with Crippen LogP contribution in [-0.2, 0) is 4.79 Å². The van der Waals surface area contributed by atoms with E-state index >= 15 is 0 Å². The molecule has 3 amide bonds. The van der Waals surface area contributed by atoms with Crippen LogP contribution in [-0.4, -0.2) is 41.6 Å². The zero-order valence-corrected chi connectivity index (χ0v) is 11.9. The first kappa shape index (κ1) is 14.3. The van der Waals surface area contributed by atoms with E-state index in [1.54, 1.807) is 4.90 Å². The van der Waals surface area contributed by atoms with Crippen molar-refractivity contribution in [3.05, 3.63) is 29.8 Å². The molecule has 20 heavy (non-hydrogen) atoms. The third-order valence-electron chi connectivity index (χ3n) is 3.05. The van der Waals surface area contributed by atoms with Gasteiger partial charge in [0.1, 0.15) is 6.54 Å². The number of thiocarbonyl (C=S) groups is 1. The van der Waals surface area contributed by atoms with Crippen LogP contribution < -0.4 is 16.0 Å². The number of benzene rings is 1. The maximum absolute atomic E-state index is 12.1. The van der Waals surface area contributed by atoms with Crippen LogP contribution in [0.1, 0.15) is 5.56 Å². The van der Waals surface area contributed by atoms with Gasteiger partial charge in [-0.2, -0.15) is 0 Å². The molecule has 106 valence electrons. The molecule has 6 nitrogen and oxygen atoms in total. The van der Waals surface area contributed by atoms with Crippen LogP contribution in [0.4, 0.5) is 10.5 Å². The predicted octanol–water partition coefficient (Wildman–Crippen LogP) is 0.597. The van der Waals surface area contributed by atoms with Crippen molar-refractivity contribution in [3.63, 3.8) is 0 Å². The number of hydrogen-bond donors (Lipinski definition) is 2. The normalized spacial score (nSPS) is 15.2. The topological polar surface area (TPSA) is 78.7 Å². The average molecular weight is 292 g/mol. The molecule has 0 saturated carbocycles. The molecule has 1 aromatic rings. The molecular formula is C13H16N4O2S. The molecule has 1 aliphatic heterocycles. The van der Waals surface area contributed by atoms with Gasteiger partial charge in [-0.1, -0.05) is 12.1 Å². The Kier molecular flexibility index (Phi) is 4.19. The van der Waals surface area contributed by atoms with Gasteiger partial charge in [-0.25, -0.2) is 4.79 Å². The van der Waals surface area contributed by atoms with E-state index in [1.165, 1.54) is 4.90 Å². The Morgan fingerprint density at radius 1 is 1.40 bits per heavy atom. The Balaban J connectivity index is 2.04. The van der Waals surface area contributed by atoms with Crippen molar-refractivity contribution in [2.24, 2.45) is 5.73 Å². The number of nitrogens with one attached hydrogen (secondary N) is 1. The Labute approximate surface area is 122 Å². The second-order valence-electron chi connectivity index (χ2n) is 4.60. The van der Waals surface area contributed by atoms with E-state index in [9.17, 15) is 9.59 Å². The molecule has 7 heteroatoms. The third kappa shape index (κ3) is 3.24. The summed E-state index contributed by atoms with van der Waals surface area (Å²) in [7, 11) is 0. The highest BCUT2D eigenvalue weighted by Crippen LogP contribution is 2.18. The third-order valence-corrected chi connectivity index (χ3v) is 3.15. The Morgan fingerprint density at radius 2 is 2.15 bits per heavy atom. The smallest absolute Gasteiger partial charge is 0.324 e. The first-order chi connectivity index (χ1) is 9.47. The molecule has 0 aromatic heterocycles. The number of urea groups is 1. The van der Waals surface area contributed by atoms with Crippen molar-refractivity contribution in [2.45, 2.75) is 6.92 Å². The number of anilines is 1. The lowest BCUT2D eigenvalue weighted by Crippen LogP contribution is -2.56. The van der Waals surface area contributed by atoms with E-state index < -0.39 is 6.03 Å². The van der Waals surface area contributed by atoms with Gasteiger partial charge < -0.3 is 15.5 Å². The van der Waals surface area contributed by atoms with Crippen LogP contribution in [0.3, 0.4) is 0 Å². The fourth-order valence-corrected chi connectivity index (χ4v) is 2.19. The van der Waals surface area contributed by atoms with E-state index in [0.717, 1.165) is 11.3 Å². The summed E-state index contributed by atoms with van der Waals surface area (Å²) in [5.41, 5.74) is 7.19. The van der Waals surface area contributed by atoms with E-state index in [1.807, 2.05) is 31.2 Å². The van der Waals surface area contributed by atoms with E-state index in [4.69, 9.17) is 5.73 Å². The molecule has 0 atom stereocenters. The van der Waals surface area contributed by atoms with Gasteiger partial charge in [0.25, 0.3) is 0 Å². The number of nitrogens with two attached hydrogens (primary N) is 1. The lowest BCUT2D eigenvalue weighted by atomic mass is 10.2. The van der Waals surface area contributed by atoms with Crippen LogP contribution in [0.15, 0.2) is 24.3 Å². The van der Waals surface area contributed by atoms with Crippen LogP contribution in [0.2, 0.25) is 0 Å². The lowest BCUT2D eigenvalue weighted by Gasteiger charge is -2.34. The highest BCUT2D eigenvalue weighted by molar-refractivity contribution is 7.80. The standard InChI is InChI=1S/C13H16N4O2S/c1-9-3-2-4-10(7-9)17-6-5-16(8-11(17)18)13(19)15-12(14)20/h2-4,7H,5-6,8H2,1H3,(H3,14,15,19,20). The highest BCUT2D eigenvalue weighted by atomic mass is 32.1. The van der Waals surface area contributed by atoms with Crippen molar-refractivity contribution >= 4 is 35.0 Å². The fourth-order valence-electron chi connectivity index (χ4n) is 2.10. The number of amides is 3. The van der Waals surface area contributed by atoms with Crippen LogP contribution in [0.5, 0.6) is 0 Å². The highest BCUT2D eigenvalue weighted by Gasteiger charge is 2.28. The molecule has 0 radical (unpaired) electrons. The second-order valence-corrected chi connectivity index (χ2v) is 5.04. The quantitative estimate of drug-likeness (QED) is 0.743. The van der Waals surface area contributed by atoms with Crippen molar-refractivity contribution in [2.75, 3.05) is 24.5 Å². The van der Waals surface area contributed by atoms with Gasteiger partial charge in [0.15, 0.2) is 5.11 Å². The number of carbonyl (C=O) groups is 2. The predicted molar refractivity (Wildman–Crippen MR) is 80.4 cm³/mol. The number of piperazine rings is 1. The summed E-state index contributed by atoms with van der Waals surface area (Å²) in [6.07, 6.45) is 0. The maximum Gasteiger partial charge on any atom is 0.324 e. The average Bonchev–Trinajstić information content (AvgIpc) is 2.37. The van der Waals surface area contributed by atoms with Gasteiger partial charge >= 0.3 is 6.03 Å². The minimum Gasteiger partial charge on any atom is -0.376 e. The number of nitrogens with zero attached hydrogens (tertiary/aromatic N) is 2. The molecule has 0 spiro atoms. The second kappa shape index (κ2) is 5.87. The van der Waals surface area contributed by atoms with Crippen LogP contribution in [0.25, 0.3) is 0 Å². The molecule has 2 rings (SSSR count). The summed E-state index contributed by atoms with van der Waals surface area (Å²) in [4.78, 5) is 26.9. The summed E-state index contributed by atoms with van der Waals surface area (Å²) < 4.78 is 0. The van der Waals surface area contributed by atoms with Crippen molar-refractivity contribution in [1.29, 1.82) is 0 Å². The molecule has 3 N–H and O–H groups in total. The Morgan fingerprint density at radius 3 is 2.75 bits per heavy atom. The zero-order chi connectivity index (χ0) is 14.7. The molecule has 0 aliphatic carbocycles. The number of rotatable bonds is 1. The first-order valence-electron chi connectivity index (χ1n) is 6.20. The van der Waals surface area contributed by atoms with Crippen molar-refractivity contribution in [3.8, 4) is 0 Å². The number of aryl methyl sites for hydroxylation is 1. The fraction of sp³-hybridized carbons (Fsp3) is 0.308. The zero-order valence-electron chi connectivity index (χ0n) is 11.1. The molecule has 0 unspecified atom stereocenters. The number of carbonyl (C=O) groups excluding carboxylic acids is 2. The van der Waals surface area contributed by atoms with Crippen LogP contribution >= 0.6 is 12.2 Å². The van der Waals surface area contributed by atoms with Gasteiger partial charge in [0.2, 0.25) is 5.91 Å². The number of hydrogen-bond acceptors (Lipinski definition) is 3. The summed E-state index contributed by atoms with van der Waals surface area (Å²) in [5.74, 6) is -0.125. The van der Waals surface area contributed by atoms with Crippen molar-refractivity contribution in [1.82, 2.24) is 10.2 Å². The maximum atomic E-state index is 12.1. The van der Waals surface area contributed by atoms with Gasteiger partial charge in [0, 0.05) is 18.8 Å². The van der Waals surface area contributed by atoms with E-state index in [2.05, 4.69) is 17.5 Å². The summed E-state index contributed by atoms with van der Waals surface area (Å²) in [6.45, 7) is 2.88. The summed E-state index contributed by atoms with van der Waals surface area (Å²) >= 11 is 4.61. The summed E-state index contributed by atoms with van der Waals surface area (Å²) in [6, 6.07) is 7.27. The first-order valence-corrected chi connectivity index (χ1v) is 6.60. The monoisotopic (exact) mass is 292 g/mol. The minimum atomic E-state index is -0.435. The van der Waals surface area contributed by atoms with E-state index in [0.29, 0.717) is 13.1 Å².